The average Bonchev–Trinajstić information content (AvgIpc) is 2.68. The number of nitrogens with zero attached hydrogens (tertiary/aromatic N) is 3. The standard InChI is InChI=1S/C13H16N4O/c1-9-5-4-6-12(7-9)17-15-10(2)13(16-17)8-14-11(3)18/h4-7H,8H2,1-3H3,(H,14,18). The molecule has 94 valence electrons. The smallest absolute Gasteiger partial charge is 0.217 e. The van der Waals surface area contributed by atoms with Gasteiger partial charge in [0, 0.05) is 6.92 Å². The first-order valence-corrected chi connectivity index (χ1v) is 5.80. The minimum absolute atomic E-state index is 0.0699. The topological polar surface area (TPSA) is 59.8 Å². The molecule has 0 saturated carbocycles. The number of hydrogen-bond acceptors (Lipinski definition) is 3. The molecule has 1 aromatic carbocycles. The van der Waals surface area contributed by atoms with Crippen LogP contribution >= 0.6 is 0 Å². The minimum atomic E-state index is -0.0699. The second-order valence-corrected chi connectivity index (χ2v) is 4.27. The lowest BCUT2D eigenvalue weighted by atomic mass is 10.2. The second kappa shape index (κ2) is 5.00. The molecule has 5 heteroatoms. The van der Waals surface area contributed by atoms with Crippen LogP contribution in [0.5, 0.6) is 0 Å². The van der Waals surface area contributed by atoms with Crippen LogP contribution < -0.4 is 5.32 Å². The molecule has 0 fully saturated rings. The van der Waals surface area contributed by atoms with E-state index in [2.05, 4.69) is 15.5 Å². The number of aryl methyl sites for hydroxylation is 2. The minimum Gasteiger partial charge on any atom is -0.351 e. The van der Waals surface area contributed by atoms with E-state index >= 15 is 0 Å². The molecule has 2 aromatic rings. The first-order valence-electron chi connectivity index (χ1n) is 5.80. The second-order valence-electron chi connectivity index (χ2n) is 4.27. The van der Waals surface area contributed by atoms with Crippen molar-refractivity contribution >= 4 is 5.91 Å². The van der Waals surface area contributed by atoms with Crippen LogP contribution in [0.15, 0.2) is 24.3 Å². The zero-order valence-electron chi connectivity index (χ0n) is 10.8. The van der Waals surface area contributed by atoms with Crippen molar-refractivity contribution in [2.45, 2.75) is 27.3 Å². The Morgan fingerprint density at radius 2 is 2.11 bits per heavy atom. The first kappa shape index (κ1) is 12.3. The van der Waals surface area contributed by atoms with Crippen LogP contribution in [-0.2, 0) is 11.3 Å². The van der Waals surface area contributed by atoms with Crippen molar-refractivity contribution in [3.63, 3.8) is 0 Å². The van der Waals surface area contributed by atoms with Gasteiger partial charge in [0.05, 0.1) is 17.9 Å². The van der Waals surface area contributed by atoms with Gasteiger partial charge in [-0.3, -0.25) is 4.79 Å². The van der Waals surface area contributed by atoms with E-state index in [1.54, 1.807) is 4.80 Å². The van der Waals surface area contributed by atoms with Gasteiger partial charge >= 0.3 is 0 Å². The van der Waals surface area contributed by atoms with Gasteiger partial charge in [-0.05, 0) is 31.5 Å². The average molecular weight is 244 g/mol. The van der Waals surface area contributed by atoms with Crippen molar-refractivity contribution in [1.29, 1.82) is 0 Å². The molecule has 0 saturated heterocycles. The number of aromatic nitrogens is 3. The van der Waals surface area contributed by atoms with Crippen molar-refractivity contribution in [3.05, 3.63) is 41.2 Å². The molecular formula is C13H16N4O. The van der Waals surface area contributed by atoms with E-state index in [4.69, 9.17) is 0 Å². The summed E-state index contributed by atoms with van der Waals surface area (Å²) in [4.78, 5) is 12.5. The lowest BCUT2D eigenvalue weighted by Crippen LogP contribution is -2.19. The number of carbonyl (C=O) groups excluding carboxylic acids is 1. The van der Waals surface area contributed by atoms with E-state index < -0.39 is 0 Å². The highest BCUT2D eigenvalue weighted by atomic mass is 16.1. The summed E-state index contributed by atoms with van der Waals surface area (Å²) in [5, 5.41) is 11.5. The Balaban J connectivity index is 2.25. The molecule has 0 atom stereocenters. The summed E-state index contributed by atoms with van der Waals surface area (Å²) in [6, 6.07) is 7.96. The summed E-state index contributed by atoms with van der Waals surface area (Å²) in [6.07, 6.45) is 0. The van der Waals surface area contributed by atoms with Crippen molar-refractivity contribution < 1.29 is 4.79 Å². The maximum atomic E-state index is 10.9. The fraction of sp³-hybridized carbons (Fsp3) is 0.308. The Kier molecular flexibility index (Phi) is 3.41. The van der Waals surface area contributed by atoms with Gasteiger partial charge in [0.25, 0.3) is 0 Å². The molecule has 1 aromatic heterocycles. The third-order valence-corrected chi connectivity index (χ3v) is 2.62. The van der Waals surface area contributed by atoms with Gasteiger partial charge in [0.2, 0.25) is 5.91 Å². The highest BCUT2D eigenvalue weighted by Gasteiger charge is 2.08. The highest BCUT2D eigenvalue weighted by Crippen LogP contribution is 2.10. The molecule has 0 aliphatic rings. The van der Waals surface area contributed by atoms with Gasteiger partial charge in [0.1, 0.15) is 5.69 Å². The Morgan fingerprint density at radius 1 is 1.33 bits per heavy atom. The van der Waals surface area contributed by atoms with Gasteiger partial charge < -0.3 is 5.32 Å². The monoisotopic (exact) mass is 244 g/mol. The first-order chi connectivity index (χ1) is 8.56. The largest absolute Gasteiger partial charge is 0.351 e. The van der Waals surface area contributed by atoms with E-state index in [0.29, 0.717) is 6.54 Å². The van der Waals surface area contributed by atoms with Crippen LogP contribution in [0.2, 0.25) is 0 Å². The van der Waals surface area contributed by atoms with Crippen LogP contribution in [0.25, 0.3) is 5.69 Å². The lowest BCUT2D eigenvalue weighted by Gasteiger charge is -2.00. The molecule has 5 nitrogen and oxygen atoms in total. The maximum Gasteiger partial charge on any atom is 0.217 e. The predicted molar refractivity (Wildman–Crippen MR) is 68.4 cm³/mol. The Labute approximate surface area is 106 Å². The molecule has 1 amide bonds. The SMILES string of the molecule is CC(=O)NCc1nn(-c2cccc(C)c2)nc1C. The molecule has 0 bridgehead atoms. The van der Waals surface area contributed by atoms with Gasteiger partial charge in [-0.1, -0.05) is 12.1 Å². The molecule has 1 heterocycles. The molecule has 0 radical (unpaired) electrons. The predicted octanol–water partition coefficient (Wildman–Crippen LogP) is 1.52. The number of nitrogens with one attached hydrogen (secondary N) is 1. The zero-order valence-corrected chi connectivity index (χ0v) is 10.8. The molecule has 0 unspecified atom stereocenters. The van der Waals surface area contributed by atoms with Crippen LogP contribution in [0.4, 0.5) is 0 Å². The fourth-order valence-corrected chi connectivity index (χ4v) is 1.65. The molecule has 2 rings (SSSR count). The Bertz CT molecular complexity index is 574. The van der Waals surface area contributed by atoms with Crippen molar-refractivity contribution in [2.75, 3.05) is 0 Å². The van der Waals surface area contributed by atoms with Crippen LogP contribution in [0, 0.1) is 13.8 Å². The summed E-state index contributed by atoms with van der Waals surface area (Å²) in [6.45, 7) is 5.81. The summed E-state index contributed by atoms with van der Waals surface area (Å²) in [7, 11) is 0. The maximum absolute atomic E-state index is 10.9. The van der Waals surface area contributed by atoms with Gasteiger partial charge in [-0.25, -0.2) is 0 Å². The molecule has 18 heavy (non-hydrogen) atoms. The molecule has 0 aliphatic carbocycles. The van der Waals surface area contributed by atoms with Crippen molar-refractivity contribution in [2.24, 2.45) is 0 Å². The van der Waals surface area contributed by atoms with Crippen molar-refractivity contribution in [3.8, 4) is 5.69 Å². The number of hydrogen-bond donors (Lipinski definition) is 1. The number of rotatable bonds is 3. The third-order valence-electron chi connectivity index (χ3n) is 2.62. The number of benzene rings is 1. The summed E-state index contributed by atoms with van der Waals surface area (Å²) >= 11 is 0. The van der Waals surface area contributed by atoms with Crippen LogP contribution in [0.1, 0.15) is 23.9 Å². The van der Waals surface area contributed by atoms with Crippen LogP contribution in [0.3, 0.4) is 0 Å². The van der Waals surface area contributed by atoms with E-state index in [9.17, 15) is 4.79 Å². The van der Waals surface area contributed by atoms with E-state index in [-0.39, 0.29) is 5.91 Å². The fourth-order valence-electron chi connectivity index (χ4n) is 1.65. The summed E-state index contributed by atoms with van der Waals surface area (Å²) in [5.41, 5.74) is 3.69. The van der Waals surface area contributed by atoms with E-state index in [1.165, 1.54) is 6.92 Å². The quantitative estimate of drug-likeness (QED) is 0.890. The molecule has 1 N–H and O–H groups in total. The normalized spacial score (nSPS) is 10.4. The van der Waals surface area contributed by atoms with Gasteiger partial charge in [0.15, 0.2) is 0 Å². The van der Waals surface area contributed by atoms with E-state index in [0.717, 1.165) is 22.6 Å². The Hall–Kier alpha value is -2.17. The van der Waals surface area contributed by atoms with Crippen molar-refractivity contribution in [1.82, 2.24) is 20.3 Å². The van der Waals surface area contributed by atoms with E-state index in [1.807, 2.05) is 38.1 Å². The summed E-state index contributed by atoms with van der Waals surface area (Å²) in [5.74, 6) is -0.0699. The van der Waals surface area contributed by atoms with Crippen LogP contribution in [-0.4, -0.2) is 20.9 Å². The molecule has 0 spiro atoms. The molecule has 0 aliphatic heterocycles. The lowest BCUT2D eigenvalue weighted by molar-refractivity contribution is -0.119. The Morgan fingerprint density at radius 3 is 2.78 bits per heavy atom. The third kappa shape index (κ3) is 2.74. The number of carbonyl (C=O) groups is 1. The zero-order chi connectivity index (χ0) is 13.1. The van der Waals surface area contributed by atoms with Gasteiger partial charge in [-0.2, -0.15) is 15.0 Å². The van der Waals surface area contributed by atoms with Gasteiger partial charge in [-0.15, -0.1) is 0 Å². The summed E-state index contributed by atoms with van der Waals surface area (Å²) < 4.78 is 0. The molecular weight excluding hydrogens is 228 g/mol. The number of amides is 1. The highest BCUT2D eigenvalue weighted by molar-refractivity contribution is 5.72.